The molecule has 2 N–H and O–H groups in total. The van der Waals surface area contributed by atoms with Gasteiger partial charge in [0, 0.05) is 5.92 Å². The lowest BCUT2D eigenvalue weighted by atomic mass is 9.92. The van der Waals surface area contributed by atoms with Crippen molar-refractivity contribution in [2.24, 2.45) is 11.8 Å². The number of carbonyl (C=O) groups excluding carboxylic acids is 1. The summed E-state index contributed by atoms with van der Waals surface area (Å²) in [6.45, 7) is 5.58. The largest absolute Gasteiger partial charge is 0.480 e. The average molecular weight is 241 g/mol. The molecule has 1 rings (SSSR count). The third-order valence-corrected chi connectivity index (χ3v) is 3.82. The lowest BCUT2D eigenvalue weighted by molar-refractivity contribution is -0.148. The van der Waals surface area contributed by atoms with Crippen LogP contribution in [0.5, 0.6) is 0 Å². The first-order valence-corrected chi connectivity index (χ1v) is 6.46. The van der Waals surface area contributed by atoms with Crippen molar-refractivity contribution < 1.29 is 14.7 Å². The van der Waals surface area contributed by atoms with Gasteiger partial charge in [0.2, 0.25) is 5.91 Å². The molecular weight excluding hydrogens is 218 g/mol. The van der Waals surface area contributed by atoms with Crippen LogP contribution in [-0.2, 0) is 9.59 Å². The topological polar surface area (TPSA) is 66.4 Å². The summed E-state index contributed by atoms with van der Waals surface area (Å²) in [5.74, 6) is -0.674. The van der Waals surface area contributed by atoms with Crippen molar-refractivity contribution in [3.05, 3.63) is 0 Å². The highest BCUT2D eigenvalue weighted by molar-refractivity contribution is 5.88. The Morgan fingerprint density at radius 2 is 2.06 bits per heavy atom. The van der Waals surface area contributed by atoms with E-state index in [1.807, 2.05) is 6.92 Å². The van der Waals surface area contributed by atoms with Crippen LogP contribution in [0.15, 0.2) is 0 Å². The van der Waals surface area contributed by atoms with E-state index in [0.717, 1.165) is 25.7 Å². The average Bonchev–Trinajstić information content (AvgIpc) is 2.64. The number of hydrogen-bond donors (Lipinski definition) is 2. The summed E-state index contributed by atoms with van der Waals surface area (Å²) in [4.78, 5) is 23.3. The summed E-state index contributed by atoms with van der Waals surface area (Å²) in [7, 11) is 0. The first-order chi connectivity index (χ1) is 7.90. The molecule has 0 aliphatic heterocycles. The molecule has 17 heavy (non-hydrogen) atoms. The SMILES string of the molecule is CCCC(C)(NC(=O)C1CCCC1C)C(=O)O. The minimum absolute atomic E-state index is 0.00877. The summed E-state index contributed by atoms with van der Waals surface area (Å²) in [6, 6.07) is 0. The van der Waals surface area contributed by atoms with Crippen molar-refractivity contribution in [1.29, 1.82) is 0 Å². The van der Waals surface area contributed by atoms with Crippen molar-refractivity contribution in [1.82, 2.24) is 5.32 Å². The Morgan fingerprint density at radius 1 is 1.41 bits per heavy atom. The van der Waals surface area contributed by atoms with Crippen LogP contribution in [0, 0.1) is 11.8 Å². The van der Waals surface area contributed by atoms with Crippen LogP contribution in [0.25, 0.3) is 0 Å². The van der Waals surface area contributed by atoms with Crippen molar-refractivity contribution in [2.75, 3.05) is 0 Å². The van der Waals surface area contributed by atoms with Crippen LogP contribution in [0.2, 0.25) is 0 Å². The second-order valence-corrected chi connectivity index (χ2v) is 5.39. The first kappa shape index (κ1) is 14.0. The van der Waals surface area contributed by atoms with Crippen molar-refractivity contribution in [3.8, 4) is 0 Å². The van der Waals surface area contributed by atoms with Gasteiger partial charge in [-0.05, 0) is 32.1 Å². The molecule has 98 valence electrons. The normalized spacial score (nSPS) is 27.5. The molecule has 1 fully saturated rings. The Labute approximate surface area is 103 Å². The third kappa shape index (κ3) is 3.20. The van der Waals surface area contributed by atoms with Gasteiger partial charge in [-0.1, -0.05) is 26.7 Å². The highest BCUT2D eigenvalue weighted by Gasteiger charge is 2.38. The minimum Gasteiger partial charge on any atom is -0.480 e. The highest BCUT2D eigenvalue weighted by atomic mass is 16.4. The fourth-order valence-corrected chi connectivity index (χ4v) is 2.62. The van der Waals surface area contributed by atoms with Gasteiger partial charge >= 0.3 is 5.97 Å². The van der Waals surface area contributed by atoms with Gasteiger partial charge in [0.1, 0.15) is 5.54 Å². The predicted octanol–water partition coefficient (Wildman–Crippen LogP) is 2.18. The molecule has 4 nitrogen and oxygen atoms in total. The van der Waals surface area contributed by atoms with Gasteiger partial charge in [0.05, 0.1) is 0 Å². The van der Waals surface area contributed by atoms with Crippen LogP contribution < -0.4 is 5.32 Å². The smallest absolute Gasteiger partial charge is 0.329 e. The first-order valence-electron chi connectivity index (χ1n) is 6.46. The predicted molar refractivity (Wildman–Crippen MR) is 65.6 cm³/mol. The van der Waals surface area contributed by atoms with E-state index in [1.54, 1.807) is 6.92 Å². The fraction of sp³-hybridized carbons (Fsp3) is 0.846. The minimum atomic E-state index is -1.12. The van der Waals surface area contributed by atoms with Crippen molar-refractivity contribution >= 4 is 11.9 Å². The number of carboxylic acids is 1. The molecule has 0 saturated heterocycles. The zero-order chi connectivity index (χ0) is 13.1. The van der Waals surface area contributed by atoms with E-state index in [-0.39, 0.29) is 11.8 Å². The number of hydrogen-bond acceptors (Lipinski definition) is 2. The van der Waals surface area contributed by atoms with Crippen LogP contribution in [0.3, 0.4) is 0 Å². The summed E-state index contributed by atoms with van der Waals surface area (Å²) < 4.78 is 0. The third-order valence-electron chi connectivity index (χ3n) is 3.82. The maximum Gasteiger partial charge on any atom is 0.329 e. The number of rotatable bonds is 5. The molecule has 1 amide bonds. The molecule has 3 atom stereocenters. The van der Waals surface area contributed by atoms with Crippen LogP contribution >= 0.6 is 0 Å². The van der Waals surface area contributed by atoms with Gasteiger partial charge in [-0.15, -0.1) is 0 Å². The van der Waals surface area contributed by atoms with Crippen LogP contribution in [-0.4, -0.2) is 22.5 Å². The molecule has 0 aromatic heterocycles. The lowest BCUT2D eigenvalue weighted by Gasteiger charge is -2.28. The Hall–Kier alpha value is -1.06. The Kier molecular flexibility index (Phi) is 4.54. The van der Waals surface area contributed by atoms with E-state index in [2.05, 4.69) is 12.2 Å². The van der Waals surface area contributed by atoms with Gasteiger partial charge in [-0.25, -0.2) is 4.79 Å². The van der Waals surface area contributed by atoms with Gasteiger partial charge in [0.25, 0.3) is 0 Å². The number of amides is 1. The Bertz CT molecular complexity index is 303. The number of aliphatic carboxylic acids is 1. The highest BCUT2D eigenvalue weighted by Crippen LogP contribution is 2.31. The van der Waals surface area contributed by atoms with E-state index in [9.17, 15) is 14.7 Å². The molecule has 0 bridgehead atoms. The standard InChI is InChI=1S/C13H23NO3/c1-4-8-13(3,12(16)17)14-11(15)10-7-5-6-9(10)2/h9-10H,4-8H2,1-3H3,(H,14,15)(H,16,17). The lowest BCUT2D eigenvalue weighted by Crippen LogP contribution is -2.54. The summed E-state index contributed by atoms with van der Waals surface area (Å²) in [6.07, 6.45) is 4.22. The molecule has 0 spiro atoms. The fourth-order valence-electron chi connectivity index (χ4n) is 2.62. The van der Waals surface area contributed by atoms with Gasteiger partial charge < -0.3 is 10.4 Å². The van der Waals surface area contributed by atoms with Gasteiger partial charge in [-0.3, -0.25) is 4.79 Å². The van der Waals surface area contributed by atoms with Crippen LogP contribution in [0.4, 0.5) is 0 Å². The molecule has 1 aliphatic rings. The number of carbonyl (C=O) groups is 2. The van der Waals surface area contributed by atoms with Crippen molar-refractivity contribution in [3.63, 3.8) is 0 Å². The van der Waals surface area contributed by atoms with E-state index in [0.29, 0.717) is 12.3 Å². The molecule has 4 heteroatoms. The zero-order valence-corrected chi connectivity index (χ0v) is 11.0. The molecule has 0 radical (unpaired) electrons. The Balaban J connectivity index is 2.67. The second-order valence-electron chi connectivity index (χ2n) is 5.39. The quantitative estimate of drug-likeness (QED) is 0.775. The molecule has 3 unspecified atom stereocenters. The molecular formula is C13H23NO3. The van der Waals surface area contributed by atoms with E-state index in [1.165, 1.54) is 0 Å². The van der Waals surface area contributed by atoms with Crippen LogP contribution in [0.1, 0.15) is 52.9 Å². The van der Waals surface area contributed by atoms with Crippen molar-refractivity contribution in [2.45, 2.75) is 58.4 Å². The summed E-state index contributed by atoms with van der Waals surface area (Å²) >= 11 is 0. The molecule has 1 aliphatic carbocycles. The maximum atomic E-state index is 12.1. The van der Waals surface area contributed by atoms with Gasteiger partial charge in [0.15, 0.2) is 0 Å². The van der Waals surface area contributed by atoms with E-state index >= 15 is 0 Å². The maximum absolute atomic E-state index is 12.1. The molecule has 0 aromatic rings. The molecule has 0 heterocycles. The second kappa shape index (κ2) is 5.52. The summed E-state index contributed by atoms with van der Waals surface area (Å²) in [5.41, 5.74) is -1.12. The van der Waals surface area contributed by atoms with E-state index in [4.69, 9.17) is 0 Å². The number of carboxylic acid groups (broad SMARTS) is 1. The molecule has 0 aromatic carbocycles. The van der Waals surface area contributed by atoms with E-state index < -0.39 is 11.5 Å². The monoisotopic (exact) mass is 241 g/mol. The Morgan fingerprint density at radius 3 is 2.47 bits per heavy atom. The van der Waals surface area contributed by atoms with Gasteiger partial charge in [-0.2, -0.15) is 0 Å². The molecule has 1 saturated carbocycles. The number of nitrogens with one attached hydrogen (secondary N) is 1. The zero-order valence-electron chi connectivity index (χ0n) is 11.0. The summed E-state index contributed by atoms with van der Waals surface area (Å²) in [5, 5.41) is 11.9.